The monoisotopic (exact) mass is 1020 g/mol. The second-order valence-corrected chi connectivity index (χ2v) is 18.3. The number of amides is 6. The van der Waals surface area contributed by atoms with Gasteiger partial charge in [0.25, 0.3) is 0 Å². The van der Waals surface area contributed by atoms with Crippen molar-refractivity contribution in [2.75, 3.05) is 35.8 Å². The maximum Gasteiger partial charge on any atom is 0.249 e. The molecule has 12 N–H and O–H groups in total. The number of benzene rings is 6. The topological polar surface area (TPSA) is 283 Å². The highest BCUT2D eigenvalue weighted by Gasteiger charge is 2.25. The average Bonchev–Trinajstić information content (AvgIpc) is 4.18. The van der Waals surface area contributed by atoms with Gasteiger partial charge < -0.3 is 62.2 Å². The molecule has 0 aliphatic carbocycles. The lowest BCUT2D eigenvalue weighted by molar-refractivity contribution is -0.126. The number of hydrogen-bond donors (Lipinski definition) is 12. The normalized spacial score (nSPS) is 12.5. The zero-order chi connectivity index (χ0) is 53.1. The molecule has 9 aromatic rings. The number of aromatic amines is 3. The minimum Gasteiger partial charge on any atom is -0.394 e. The molecule has 0 aliphatic rings. The summed E-state index contributed by atoms with van der Waals surface area (Å²) in [6.07, 6.45) is 5.20. The number of aliphatic hydroxyl groups excluding tert-OH is 3. The van der Waals surface area contributed by atoms with Gasteiger partial charge in [-0.3, -0.25) is 28.8 Å². The number of aliphatic hydroxyl groups is 3. The molecule has 3 atom stereocenters. The van der Waals surface area contributed by atoms with E-state index in [0.717, 1.165) is 66.1 Å². The lowest BCUT2D eigenvalue weighted by Gasteiger charge is -2.21. The minimum absolute atomic E-state index is 0.00637. The number of aromatic nitrogens is 3. The van der Waals surface area contributed by atoms with Crippen LogP contribution in [0.25, 0.3) is 32.7 Å². The number of carbonyl (C=O) groups excluding carboxylic acids is 6. The summed E-state index contributed by atoms with van der Waals surface area (Å²) in [5.74, 6) is -3.65. The first kappa shape index (κ1) is 51.5. The highest BCUT2D eigenvalue weighted by Crippen LogP contribution is 2.34. The third-order valence-corrected chi connectivity index (χ3v) is 13.1. The largest absolute Gasteiger partial charge is 0.394 e. The summed E-state index contributed by atoms with van der Waals surface area (Å²) >= 11 is 0. The molecular weight excluding hydrogens is 967 g/mol. The Morgan fingerprint density at radius 2 is 0.632 bits per heavy atom. The first-order valence-electron chi connectivity index (χ1n) is 24.5. The number of H-pyrrole nitrogens is 3. The van der Waals surface area contributed by atoms with Gasteiger partial charge in [-0.1, -0.05) is 91.0 Å². The van der Waals surface area contributed by atoms with Crippen LogP contribution in [0.3, 0.4) is 0 Å². The van der Waals surface area contributed by atoms with Crippen molar-refractivity contribution in [1.29, 1.82) is 0 Å². The van der Waals surface area contributed by atoms with Gasteiger partial charge in [0.1, 0.15) is 18.1 Å². The van der Waals surface area contributed by atoms with Crippen molar-refractivity contribution in [1.82, 2.24) is 30.9 Å². The van der Waals surface area contributed by atoms with Crippen molar-refractivity contribution in [2.24, 2.45) is 0 Å². The molecular formula is C58H55N9O9. The summed E-state index contributed by atoms with van der Waals surface area (Å²) in [5, 5.41) is 49.3. The summed E-state index contributed by atoms with van der Waals surface area (Å²) in [4.78, 5) is 88.7. The summed E-state index contributed by atoms with van der Waals surface area (Å²) < 4.78 is 0. The van der Waals surface area contributed by atoms with Crippen molar-refractivity contribution < 1.29 is 44.1 Å². The van der Waals surface area contributed by atoms with Crippen molar-refractivity contribution in [3.8, 4) is 0 Å². The fraction of sp³-hybridized carbons (Fsp3) is 0.172. The molecule has 76 heavy (non-hydrogen) atoms. The molecule has 0 bridgehead atoms. The van der Waals surface area contributed by atoms with Crippen molar-refractivity contribution in [2.45, 2.75) is 43.3 Å². The lowest BCUT2D eigenvalue weighted by Crippen LogP contribution is -2.46. The minimum atomic E-state index is -1.23. The van der Waals surface area contributed by atoms with Gasteiger partial charge in [0.05, 0.1) is 39.1 Å². The molecule has 3 aromatic heterocycles. The number of hydrogen-bond acceptors (Lipinski definition) is 9. The molecule has 0 saturated carbocycles. The van der Waals surface area contributed by atoms with E-state index in [0.29, 0.717) is 17.1 Å². The predicted molar refractivity (Wildman–Crippen MR) is 289 cm³/mol. The molecule has 0 radical (unpaired) electrons. The smallest absolute Gasteiger partial charge is 0.249 e. The number of anilines is 3. The van der Waals surface area contributed by atoms with E-state index >= 15 is 0 Å². The van der Waals surface area contributed by atoms with Gasteiger partial charge in [-0.2, -0.15) is 0 Å². The van der Waals surface area contributed by atoms with E-state index in [2.05, 4.69) is 46.9 Å². The standard InChI is InChI=1S/C58H55N9O9/c68-31-49(65-52(71)25-37-28-59-46-10-4-1-7-43(37)46)56(74)62-40-19-13-34(14-20-40)55(35-15-21-41(22-16-35)63-57(75)50(32-69)66-53(72)26-38-29-60-47-11-5-2-8-44(38)47)36-17-23-42(24-18-36)64-58(76)51(33-70)67-54(73)27-39-30-61-48-12-6-3-9-45(39)48/h1-24,28-30,49-51,55,59-61,68-70H,25-27,31-33H2,(H,62,74)(H,63,75)(H,64,76)(H,65,71)(H,66,72)(H,67,73)/t49-,50-,51-/m0/s1. The van der Waals surface area contributed by atoms with Crippen molar-refractivity contribution in [3.63, 3.8) is 0 Å². The molecule has 0 aliphatic heterocycles. The predicted octanol–water partition coefficient (Wildman–Crippen LogP) is 5.29. The SMILES string of the molecule is O=C(Cc1c[nH]c2ccccc12)N[C@@H](CO)C(=O)Nc1ccc(C(c2ccc(NC(=O)[C@H](CO)NC(=O)Cc3c[nH]c4ccccc34)cc2)c2ccc(NC(=O)[C@H](CO)NC(=O)Cc3c[nH]c4ccccc34)cc2)cc1. The molecule has 0 spiro atoms. The van der Waals surface area contributed by atoms with E-state index in [1.165, 1.54) is 0 Å². The number of para-hydroxylation sites is 3. The maximum atomic E-state index is 13.4. The van der Waals surface area contributed by atoms with Gasteiger partial charge in [0.15, 0.2) is 0 Å². The second kappa shape index (κ2) is 23.7. The highest BCUT2D eigenvalue weighted by molar-refractivity contribution is 6.00. The Morgan fingerprint density at radius 1 is 0.368 bits per heavy atom. The van der Waals surface area contributed by atoms with Crippen molar-refractivity contribution in [3.05, 3.63) is 198 Å². The van der Waals surface area contributed by atoms with E-state index in [4.69, 9.17) is 0 Å². The Balaban J connectivity index is 0.884. The lowest BCUT2D eigenvalue weighted by atomic mass is 9.85. The van der Waals surface area contributed by atoms with Crippen molar-refractivity contribution >= 4 is 85.2 Å². The summed E-state index contributed by atoms with van der Waals surface area (Å²) in [7, 11) is 0. The van der Waals surface area contributed by atoms with Gasteiger partial charge in [-0.05, 0) is 88.0 Å². The van der Waals surface area contributed by atoms with E-state index in [1.807, 2.05) is 109 Å². The van der Waals surface area contributed by atoms with Gasteiger partial charge in [0.2, 0.25) is 35.4 Å². The Hall–Kier alpha value is -9.36. The fourth-order valence-corrected chi connectivity index (χ4v) is 9.21. The number of nitrogens with one attached hydrogen (secondary N) is 9. The molecule has 386 valence electrons. The van der Waals surface area contributed by atoms with Crippen LogP contribution in [-0.4, -0.2) is 104 Å². The molecule has 9 rings (SSSR count). The third-order valence-electron chi connectivity index (χ3n) is 13.1. The zero-order valence-corrected chi connectivity index (χ0v) is 40.9. The van der Waals surface area contributed by atoms with Crippen LogP contribution in [0.2, 0.25) is 0 Å². The van der Waals surface area contributed by atoms with Gasteiger partial charge in [-0.15, -0.1) is 0 Å². The zero-order valence-electron chi connectivity index (χ0n) is 40.9. The molecule has 3 heterocycles. The molecule has 18 heteroatoms. The van der Waals surface area contributed by atoms with E-state index < -0.39 is 79.3 Å². The molecule has 6 aromatic carbocycles. The van der Waals surface area contributed by atoms with Crippen LogP contribution < -0.4 is 31.9 Å². The third kappa shape index (κ3) is 12.2. The summed E-state index contributed by atoms with van der Waals surface area (Å²) in [6, 6.07) is 39.9. The van der Waals surface area contributed by atoms with Crippen LogP contribution in [0.1, 0.15) is 39.3 Å². The van der Waals surface area contributed by atoms with Gasteiger partial charge in [0, 0.05) is 74.3 Å². The van der Waals surface area contributed by atoms with Crippen LogP contribution in [0.5, 0.6) is 0 Å². The Labute approximate surface area is 435 Å². The highest BCUT2D eigenvalue weighted by atomic mass is 16.3. The Kier molecular flexibility index (Phi) is 16.1. The molecule has 0 unspecified atom stereocenters. The Bertz CT molecular complexity index is 3160. The van der Waals surface area contributed by atoms with E-state index in [1.54, 1.807) is 55.0 Å². The van der Waals surface area contributed by atoms with Gasteiger partial charge in [-0.25, -0.2) is 0 Å². The average molecular weight is 1020 g/mol. The maximum absolute atomic E-state index is 13.4. The van der Waals surface area contributed by atoms with Crippen LogP contribution >= 0.6 is 0 Å². The molecule has 6 amide bonds. The summed E-state index contributed by atoms with van der Waals surface area (Å²) in [6.45, 7) is -1.91. The second-order valence-electron chi connectivity index (χ2n) is 18.3. The molecule has 18 nitrogen and oxygen atoms in total. The van der Waals surface area contributed by atoms with Crippen LogP contribution in [-0.2, 0) is 48.0 Å². The quantitative estimate of drug-likeness (QED) is 0.0417. The number of fused-ring (bicyclic) bond motifs is 3. The van der Waals surface area contributed by atoms with E-state index in [-0.39, 0.29) is 19.3 Å². The van der Waals surface area contributed by atoms with Gasteiger partial charge >= 0.3 is 0 Å². The van der Waals surface area contributed by atoms with Crippen LogP contribution in [0.15, 0.2) is 164 Å². The first-order chi connectivity index (χ1) is 37.0. The molecule has 0 fully saturated rings. The van der Waals surface area contributed by atoms with E-state index in [9.17, 15) is 44.1 Å². The molecule has 0 saturated heterocycles. The number of rotatable bonds is 21. The van der Waals surface area contributed by atoms with Crippen LogP contribution in [0.4, 0.5) is 17.1 Å². The van der Waals surface area contributed by atoms with Crippen LogP contribution in [0, 0.1) is 0 Å². The fourth-order valence-electron chi connectivity index (χ4n) is 9.21. The summed E-state index contributed by atoms with van der Waals surface area (Å²) in [5.41, 5.74) is 8.36. The number of carbonyl (C=O) groups is 6. The first-order valence-corrected chi connectivity index (χ1v) is 24.5. The Morgan fingerprint density at radius 3 is 0.895 bits per heavy atom.